The molecular weight excluding hydrogens is 466 g/mol. The first-order valence-electron chi connectivity index (χ1n) is 11.1. The molecule has 1 fully saturated rings. The van der Waals surface area contributed by atoms with E-state index in [1.54, 1.807) is 60.6 Å². The third-order valence-corrected chi connectivity index (χ3v) is 5.57. The predicted molar refractivity (Wildman–Crippen MR) is 131 cm³/mol. The third-order valence-electron chi connectivity index (χ3n) is 5.57. The molecule has 1 saturated heterocycles. The Labute approximate surface area is 206 Å². The van der Waals surface area contributed by atoms with E-state index in [1.165, 1.54) is 12.1 Å². The lowest BCUT2D eigenvalue weighted by molar-refractivity contribution is -0.384. The molecule has 0 bridgehead atoms. The highest BCUT2D eigenvalue weighted by Crippen LogP contribution is 2.25. The number of nitro benzene ring substituents is 1. The maximum absolute atomic E-state index is 12.6. The number of aromatic nitrogens is 1. The Kier molecular flexibility index (Phi) is 7.45. The van der Waals surface area contributed by atoms with Crippen LogP contribution in [0.4, 0.5) is 11.6 Å². The standard InChI is InChI=1S/C25H23N5O6/c1-34-20-6-8-21(9-7-20)35-17-24(31)28-11-13-29(14-12-28)25-22(16-26)27-23(36-25)10-5-18-3-2-4-19(15-18)30(32)33/h2-10,15H,11-14,17H2,1H3/b10-5+. The molecule has 0 spiro atoms. The number of nitrogens with zero attached hydrogens (tertiary/aromatic N) is 5. The van der Waals surface area contributed by atoms with E-state index in [2.05, 4.69) is 4.98 Å². The molecule has 3 aromatic rings. The molecule has 1 amide bonds. The van der Waals surface area contributed by atoms with Gasteiger partial charge in [0.15, 0.2) is 6.61 Å². The lowest BCUT2D eigenvalue weighted by atomic mass is 10.2. The average Bonchev–Trinajstić information content (AvgIpc) is 3.34. The van der Waals surface area contributed by atoms with Gasteiger partial charge in [-0.3, -0.25) is 14.9 Å². The molecular formula is C25H23N5O6. The van der Waals surface area contributed by atoms with Crippen LogP contribution in [0.5, 0.6) is 11.5 Å². The van der Waals surface area contributed by atoms with E-state index in [0.29, 0.717) is 49.1 Å². The Morgan fingerprint density at radius 3 is 2.56 bits per heavy atom. The number of hydrogen-bond acceptors (Lipinski definition) is 9. The van der Waals surface area contributed by atoms with Crippen molar-refractivity contribution in [3.05, 3.63) is 75.8 Å². The van der Waals surface area contributed by atoms with Crippen LogP contribution in [0.15, 0.2) is 52.9 Å². The van der Waals surface area contributed by atoms with Crippen molar-refractivity contribution in [2.45, 2.75) is 0 Å². The molecule has 11 heteroatoms. The van der Waals surface area contributed by atoms with Gasteiger partial charge in [0, 0.05) is 44.4 Å². The fraction of sp³-hybridized carbons (Fsp3) is 0.240. The second kappa shape index (κ2) is 11.1. The van der Waals surface area contributed by atoms with Crippen molar-refractivity contribution in [1.29, 1.82) is 5.26 Å². The second-order valence-electron chi connectivity index (χ2n) is 7.84. The first-order chi connectivity index (χ1) is 17.5. The van der Waals surface area contributed by atoms with Crippen LogP contribution in [0, 0.1) is 21.4 Å². The Morgan fingerprint density at radius 2 is 1.89 bits per heavy atom. The number of piperazine rings is 1. The van der Waals surface area contributed by atoms with Crippen molar-refractivity contribution in [3.63, 3.8) is 0 Å². The minimum absolute atomic E-state index is 0.0234. The highest BCUT2D eigenvalue weighted by Gasteiger charge is 2.26. The predicted octanol–water partition coefficient (Wildman–Crippen LogP) is 3.36. The summed E-state index contributed by atoms with van der Waals surface area (Å²) in [6.07, 6.45) is 3.18. The molecule has 11 nitrogen and oxygen atoms in total. The number of methoxy groups -OCH3 is 1. The molecule has 0 radical (unpaired) electrons. The van der Waals surface area contributed by atoms with Gasteiger partial charge in [-0.2, -0.15) is 10.2 Å². The summed E-state index contributed by atoms with van der Waals surface area (Å²) >= 11 is 0. The maximum atomic E-state index is 12.6. The lowest BCUT2D eigenvalue weighted by Gasteiger charge is -2.34. The zero-order valence-electron chi connectivity index (χ0n) is 19.5. The first-order valence-corrected chi connectivity index (χ1v) is 11.1. The largest absolute Gasteiger partial charge is 0.497 e. The Bertz CT molecular complexity index is 1300. The SMILES string of the molecule is COc1ccc(OCC(=O)N2CCN(c3oc(/C=C/c4cccc([N+](=O)[O-])c4)nc3C#N)CC2)cc1. The molecule has 0 saturated carbocycles. The van der Waals surface area contributed by atoms with Crippen molar-refractivity contribution in [3.8, 4) is 17.6 Å². The average molecular weight is 489 g/mol. The van der Waals surface area contributed by atoms with E-state index in [-0.39, 0.29) is 29.8 Å². The van der Waals surface area contributed by atoms with Crippen LogP contribution in [-0.4, -0.2) is 60.6 Å². The fourth-order valence-corrected chi connectivity index (χ4v) is 3.66. The molecule has 2 aromatic carbocycles. The van der Waals surface area contributed by atoms with Gasteiger partial charge in [-0.15, -0.1) is 0 Å². The Hall–Kier alpha value is -4.85. The van der Waals surface area contributed by atoms with Crippen LogP contribution >= 0.6 is 0 Å². The van der Waals surface area contributed by atoms with Crippen LogP contribution in [0.25, 0.3) is 12.2 Å². The number of carbonyl (C=O) groups excluding carboxylic acids is 1. The van der Waals surface area contributed by atoms with E-state index < -0.39 is 4.92 Å². The number of amides is 1. The summed E-state index contributed by atoms with van der Waals surface area (Å²) in [6.45, 7) is 1.73. The van der Waals surface area contributed by atoms with Crippen LogP contribution < -0.4 is 14.4 Å². The number of nitriles is 1. The normalized spacial score (nSPS) is 13.4. The van der Waals surface area contributed by atoms with Gasteiger partial charge < -0.3 is 23.7 Å². The number of carbonyl (C=O) groups is 1. The smallest absolute Gasteiger partial charge is 0.270 e. The summed E-state index contributed by atoms with van der Waals surface area (Å²) in [7, 11) is 1.58. The maximum Gasteiger partial charge on any atom is 0.270 e. The minimum atomic E-state index is -0.468. The van der Waals surface area contributed by atoms with Crippen LogP contribution in [0.2, 0.25) is 0 Å². The van der Waals surface area contributed by atoms with Gasteiger partial charge in [-0.1, -0.05) is 12.1 Å². The summed E-state index contributed by atoms with van der Waals surface area (Å²) in [5, 5.41) is 20.5. The van der Waals surface area contributed by atoms with Crippen molar-refractivity contribution in [2.24, 2.45) is 0 Å². The number of ether oxygens (including phenoxy) is 2. The number of non-ortho nitro benzene ring substituents is 1. The third kappa shape index (κ3) is 5.79. The second-order valence-corrected chi connectivity index (χ2v) is 7.84. The number of benzene rings is 2. The molecule has 4 rings (SSSR count). The summed E-state index contributed by atoms with van der Waals surface area (Å²) in [4.78, 5) is 30.8. The van der Waals surface area contributed by atoms with Crippen LogP contribution in [-0.2, 0) is 4.79 Å². The van der Waals surface area contributed by atoms with Crippen molar-refractivity contribution in [2.75, 3.05) is 44.8 Å². The minimum Gasteiger partial charge on any atom is -0.497 e. The van der Waals surface area contributed by atoms with Gasteiger partial charge in [-0.25, -0.2) is 0 Å². The van der Waals surface area contributed by atoms with Gasteiger partial charge in [0.25, 0.3) is 11.6 Å². The monoisotopic (exact) mass is 489 g/mol. The van der Waals surface area contributed by atoms with E-state index in [9.17, 15) is 20.2 Å². The number of hydrogen-bond donors (Lipinski definition) is 0. The van der Waals surface area contributed by atoms with Gasteiger partial charge in [0.1, 0.15) is 17.6 Å². The Morgan fingerprint density at radius 1 is 1.17 bits per heavy atom. The fourth-order valence-electron chi connectivity index (χ4n) is 3.66. The van der Waals surface area contributed by atoms with E-state index in [4.69, 9.17) is 13.9 Å². The number of anilines is 1. The van der Waals surface area contributed by atoms with E-state index in [0.717, 1.165) is 0 Å². The topological polar surface area (TPSA) is 135 Å². The molecule has 36 heavy (non-hydrogen) atoms. The van der Waals surface area contributed by atoms with Crippen LogP contribution in [0.3, 0.4) is 0 Å². The number of nitro groups is 1. The quantitative estimate of drug-likeness (QED) is 0.345. The highest BCUT2D eigenvalue weighted by atomic mass is 16.6. The summed E-state index contributed by atoms with van der Waals surface area (Å²) in [6, 6.07) is 15.2. The summed E-state index contributed by atoms with van der Waals surface area (Å²) in [5.74, 6) is 1.69. The molecule has 0 aliphatic carbocycles. The van der Waals surface area contributed by atoms with Gasteiger partial charge in [0.05, 0.1) is 12.0 Å². The lowest BCUT2D eigenvalue weighted by Crippen LogP contribution is -2.50. The zero-order valence-corrected chi connectivity index (χ0v) is 19.5. The van der Waals surface area contributed by atoms with E-state index in [1.807, 2.05) is 11.0 Å². The van der Waals surface area contributed by atoms with Crippen molar-refractivity contribution >= 4 is 29.6 Å². The molecule has 2 heterocycles. The summed E-state index contributed by atoms with van der Waals surface area (Å²) in [5.41, 5.74) is 0.715. The molecule has 1 aliphatic rings. The number of rotatable bonds is 8. The molecule has 1 aliphatic heterocycles. The molecule has 1 aromatic heterocycles. The molecule has 0 atom stereocenters. The summed E-state index contributed by atoms with van der Waals surface area (Å²) < 4.78 is 16.5. The Balaban J connectivity index is 1.34. The van der Waals surface area contributed by atoms with Gasteiger partial charge >= 0.3 is 0 Å². The first kappa shape index (κ1) is 24.3. The van der Waals surface area contributed by atoms with Crippen LogP contribution in [0.1, 0.15) is 17.1 Å². The highest BCUT2D eigenvalue weighted by molar-refractivity contribution is 5.78. The van der Waals surface area contributed by atoms with E-state index >= 15 is 0 Å². The molecule has 0 unspecified atom stereocenters. The van der Waals surface area contributed by atoms with Crippen molar-refractivity contribution in [1.82, 2.24) is 9.88 Å². The molecule has 184 valence electrons. The zero-order chi connectivity index (χ0) is 25.5. The number of oxazole rings is 1. The van der Waals surface area contributed by atoms with Gasteiger partial charge in [-0.05, 0) is 35.9 Å². The van der Waals surface area contributed by atoms with Crippen molar-refractivity contribution < 1.29 is 23.6 Å². The molecule has 0 N–H and O–H groups in total. The van der Waals surface area contributed by atoms with Gasteiger partial charge in [0.2, 0.25) is 17.5 Å².